The molecule has 3 rings (SSSR count). The van der Waals surface area contributed by atoms with E-state index in [0.717, 1.165) is 29.9 Å². The number of benzene rings is 2. The lowest BCUT2D eigenvalue weighted by Crippen LogP contribution is -2.04. The molecule has 0 fully saturated rings. The number of cyclic esters (lactones) is 1. The smallest absolute Gasteiger partial charge is 0.363 e. The fraction of sp³-hybridized carbons (Fsp3) is 0.273. The second-order valence-electron chi connectivity index (χ2n) is 6.18. The van der Waals surface area contributed by atoms with Crippen molar-refractivity contribution < 1.29 is 14.3 Å². The van der Waals surface area contributed by atoms with Crippen molar-refractivity contribution in [2.24, 2.45) is 4.99 Å². The minimum atomic E-state index is -0.430. The zero-order valence-electron chi connectivity index (χ0n) is 15.0. The number of hydrogen-bond donors (Lipinski definition) is 0. The average molecular weight is 349 g/mol. The Morgan fingerprint density at radius 3 is 2.50 bits per heavy atom. The first kappa shape index (κ1) is 17.9. The summed E-state index contributed by atoms with van der Waals surface area (Å²) < 4.78 is 11.0. The topological polar surface area (TPSA) is 47.9 Å². The Kier molecular flexibility index (Phi) is 6.20. The summed E-state index contributed by atoms with van der Waals surface area (Å²) in [6.45, 7) is 2.93. The maximum Gasteiger partial charge on any atom is 0.363 e. The molecule has 0 N–H and O–H groups in total. The van der Waals surface area contributed by atoms with Gasteiger partial charge >= 0.3 is 5.97 Å². The molecule has 0 saturated heterocycles. The molecule has 0 amide bonds. The van der Waals surface area contributed by atoms with Crippen molar-refractivity contribution in [3.8, 4) is 5.75 Å². The molecule has 1 heterocycles. The molecule has 0 bridgehead atoms. The van der Waals surface area contributed by atoms with E-state index in [1.807, 2.05) is 54.6 Å². The van der Waals surface area contributed by atoms with Gasteiger partial charge in [-0.15, -0.1) is 0 Å². The minimum Gasteiger partial charge on any atom is -0.494 e. The van der Waals surface area contributed by atoms with Gasteiger partial charge in [0.25, 0.3) is 0 Å². The van der Waals surface area contributed by atoms with Crippen LogP contribution in [0.4, 0.5) is 0 Å². The van der Waals surface area contributed by atoms with Crippen LogP contribution in [0.1, 0.15) is 43.7 Å². The monoisotopic (exact) mass is 349 g/mol. The lowest BCUT2D eigenvalue weighted by Gasteiger charge is -2.06. The van der Waals surface area contributed by atoms with Crippen molar-refractivity contribution in [1.29, 1.82) is 0 Å². The van der Waals surface area contributed by atoms with Gasteiger partial charge in [0.15, 0.2) is 5.70 Å². The van der Waals surface area contributed by atoms with E-state index in [0.29, 0.717) is 11.6 Å². The van der Waals surface area contributed by atoms with Gasteiger partial charge in [0.05, 0.1) is 6.61 Å². The van der Waals surface area contributed by atoms with Crippen LogP contribution in [0.2, 0.25) is 0 Å². The third-order valence-electron chi connectivity index (χ3n) is 4.09. The second-order valence-corrected chi connectivity index (χ2v) is 6.18. The Morgan fingerprint density at radius 1 is 1.00 bits per heavy atom. The summed E-state index contributed by atoms with van der Waals surface area (Å²) in [6.07, 6.45) is 6.47. The molecule has 134 valence electrons. The number of carbonyl (C=O) groups is 1. The number of aliphatic imine (C=N–C) groups is 1. The Labute approximate surface area is 154 Å². The lowest BCUT2D eigenvalue weighted by atomic mass is 10.2. The van der Waals surface area contributed by atoms with Crippen LogP contribution in [0.15, 0.2) is 65.3 Å². The largest absolute Gasteiger partial charge is 0.494 e. The quantitative estimate of drug-likeness (QED) is 0.383. The summed E-state index contributed by atoms with van der Waals surface area (Å²) in [7, 11) is 0. The minimum absolute atomic E-state index is 0.303. The molecule has 0 saturated carbocycles. The Balaban J connectivity index is 1.62. The molecule has 0 aliphatic carbocycles. The summed E-state index contributed by atoms with van der Waals surface area (Å²) >= 11 is 0. The van der Waals surface area contributed by atoms with Gasteiger partial charge in [-0.05, 0) is 42.3 Å². The fourth-order valence-corrected chi connectivity index (χ4v) is 2.65. The highest BCUT2D eigenvalue weighted by atomic mass is 16.6. The third kappa shape index (κ3) is 4.82. The number of ether oxygens (including phenoxy) is 2. The third-order valence-corrected chi connectivity index (χ3v) is 4.09. The average Bonchev–Trinajstić information content (AvgIpc) is 3.04. The molecule has 26 heavy (non-hydrogen) atoms. The van der Waals surface area contributed by atoms with Crippen molar-refractivity contribution in [3.63, 3.8) is 0 Å². The number of nitrogens with zero attached hydrogens (tertiary/aromatic N) is 1. The summed E-state index contributed by atoms with van der Waals surface area (Å²) in [6, 6.07) is 17.1. The fourth-order valence-electron chi connectivity index (χ4n) is 2.65. The highest BCUT2D eigenvalue weighted by molar-refractivity contribution is 6.12. The Bertz CT molecular complexity index is 792. The van der Waals surface area contributed by atoms with Crippen LogP contribution in [-0.2, 0) is 9.53 Å². The number of esters is 1. The van der Waals surface area contributed by atoms with Gasteiger partial charge in [-0.3, -0.25) is 0 Å². The van der Waals surface area contributed by atoms with Crippen LogP contribution in [0.5, 0.6) is 5.75 Å². The van der Waals surface area contributed by atoms with E-state index < -0.39 is 5.97 Å². The summed E-state index contributed by atoms with van der Waals surface area (Å²) in [5, 5.41) is 0. The van der Waals surface area contributed by atoms with Crippen molar-refractivity contribution in [3.05, 3.63) is 71.4 Å². The molecule has 4 heteroatoms. The molecular formula is C22H23NO3. The number of carbonyl (C=O) groups excluding carboxylic acids is 1. The van der Waals surface area contributed by atoms with E-state index in [9.17, 15) is 4.79 Å². The summed E-state index contributed by atoms with van der Waals surface area (Å²) in [5.74, 6) is 0.750. The van der Waals surface area contributed by atoms with Crippen LogP contribution in [-0.4, -0.2) is 18.5 Å². The molecule has 0 atom stereocenters. The second kappa shape index (κ2) is 8.99. The van der Waals surface area contributed by atoms with Crippen molar-refractivity contribution >= 4 is 17.9 Å². The molecule has 2 aromatic carbocycles. The van der Waals surface area contributed by atoms with Gasteiger partial charge in [0, 0.05) is 5.56 Å². The van der Waals surface area contributed by atoms with E-state index in [4.69, 9.17) is 9.47 Å². The molecule has 2 aromatic rings. The molecule has 0 unspecified atom stereocenters. The molecular weight excluding hydrogens is 326 g/mol. The molecule has 1 aliphatic rings. The number of unbranched alkanes of at least 4 members (excludes halogenated alkanes) is 3. The van der Waals surface area contributed by atoms with Crippen LogP contribution in [0.25, 0.3) is 6.08 Å². The molecule has 0 aromatic heterocycles. The molecule has 0 radical (unpaired) electrons. The predicted octanol–water partition coefficient (Wildman–Crippen LogP) is 4.99. The Hall–Kier alpha value is -2.88. The molecule has 1 aliphatic heterocycles. The SMILES string of the molecule is CCCCCCOc1ccc(/C=C2\N=C(c3ccccc3)OC2=O)cc1. The van der Waals surface area contributed by atoms with E-state index in [-0.39, 0.29) is 0 Å². The van der Waals surface area contributed by atoms with Crippen molar-refractivity contribution in [1.82, 2.24) is 0 Å². The van der Waals surface area contributed by atoms with Crippen LogP contribution < -0.4 is 4.74 Å². The van der Waals surface area contributed by atoms with Gasteiger partial charge in [-0.2, -0.15) is 0 Å². The van der Waals surface area contributed by atoms with Crippen LogP contribution in [0, 0.1) is 0 Å². The standard InChI is InChI=1S/C22H23NO3/c1-2-3-4-8-15-25-19-13-11-17(12-14-19)16-20-22(24)26-21(23-20)18-9-6-5-7-10-18/h5-7,9-14,16H,2-4,8,15H2,1H3/b20-16-. The first-order chi connectivity index (χ1) is 12.8. The Morgan fingerprint density at radius 2 is 1.77 bits per heavy atom. The van der Waals surface area contributed by atoms with Crippen LogP contribution in [0.3, 0.4) is 0 Å². The van der Waals surface area contributed by atoms with Crippen molar-refractivity contribution in [2.45, 2.75) is 32.6 Å². The maximum absolute atomic E-state index is 12.0. The zero-order chi connectivity index (χ0) is 18.2. The highest BCUT2D eigenvalue weighted by Gasteiger charge is 2.23. The summed E-state index contributed by atoms with van der Waals surface area (Å²) in [5.41, 5.74) is 1.97. The number of rotatable bonds is 8. The van der Waals surface area contributed by atoms with E-state index in [1.54, 1.807) is 6.08 Å². The highest BCUT2D eigenvalue weighted by Crippen LogP contribution is 2.20. The van der Waals surface area contributed by atoms with Gasteiger partial charge < -0.3 is 9.47 Å². The first-order valence-electron chi connectivity index (χ1n) is 9.07. The summed E-state index contributed by atoms with van der Waals surface area (Å²) in [4.78, 5) is 16.3. The lowest BCUT2D eigenvalue weighted by molar-refractivity contribution is -0.129. The van der Waals surface area contributed by atoms with Crippen molar-refractivity contribution in [2.75, 3.05) is 6.61 Å². The van der Waals surface area contributed by atoms with E-state index in [1.165, 1.54) is 19.3 Å². The van der Waals surface area contributed by atoms with Gasteiger partial charge in [0.1, 0.15) is 5.75 Å². The maximum atomic E-state index is 12.0. The normalized spacial score (nSPS) is 15.0. The van der Waals surface area contributed by atoms with E-state index in [2.05, 4.69) is 11.9 Å². The van der Waals surface area contributed by atoms with Gasteiger partial charge in [-0.1, -0.05) is 56.5 Å². The first-order valence-corrected chi connectivity index (χ1v) is 9.07. The predicted molar refractivity (Wildman–Crippen MR) is 103 cm³/mol. The van der Waals surface area contributed by atoms with Crippen LogP contribution >= 0.6 is 0 Å². The molecule has 0 spiro atoms. The van der Waals surface area contributed by atoms with Gasteiger partial charge in [-0.25, -0.2) is 9.79 Å². The van der Waals surface area contributed by atoms with Gasteiger partial charge in [0.2, 0.25) is 5.90 Å². The van der Waals surface area contributed by atoms with E-state index >= 15 is 0 Å². The molecule has 4 nitrogen and oxygen atoms in total. The zero-order valence-corrected chi connectivity index (χ0v) is 15.0. The number of hydrogen-bond acceptors (Lipinski definition) is 4.